The lowest BCUT2D eigenvalue weighted by molar-refractivity contribution is -0.201. The topological polar surface area (TPSA) is 18.5 Å². The van der Waals surface area contributed by atoms with Crippen LogP contribution in [0.5, 0.6) is 5.75 Å². The van der Waals surface area contributed by atoms with Crippen LogP contribution in [0.1, 0.15) is 109 Å². The van der Waals surface area contributed by atoms with Gasteiger partial charge in [-0.3, -0.25) is 0 Å². The highest BCUT2D eigenvalue weighted by Crippen LogP contribution is 2.45. The van der Waals surface area contributed by atoms with Gasteiger partial charge in [-0.2, -0.15) is 0 Å². The minimum absolute atomic E-state index is 0.0969. The van der Waals surface area contributed by atoms with Crippen LogP contribution in [0, 0.1) is 5.41 Å². The maximum Gasteiger partial charge on any atom is 0.205 e. The lowest BCUT2D eigenvalue weighted by atomic mass is 9.71. The molecule has 2 fully saturated rings. The van der Waals surface area contributed by atoms with Crippen molar-refractivity contribution < 1.29 is 9.47 Å². The van der Waals surface area contributed by atoms with Gasteiger partial charge in [0.1, 0.15) is 5.75 Å². The molecular weight excluding hydrogens is 332 g/mol. The molecule has 152 valence electrons. The first kappa shape index (κ1) is 20.7. The minimum Gasteiger partial charge on any atom is -0.464 e. The molecule has 0 N–H and O–H groups in total. The molecule has 2 unspecified atom stereocenters. The Morgan fingerprint density at radius 2 is 1.56 bits per heavy atom. The summed E-state index contributed by atoms with van der Waals surface area (Å²) in [7, 11) is 0. The summed E-state index contributed by atoms with van der Waals surface area (Å²) in [6.07, 6.45) is 15.5. The Bertz CT molecular complexity index is 538. The van der Waals surface area contributed by atoms with Gasteiger partial charge in [-0.1, -0.05) is 71.4 Å². The first-order chi connectivity index (χ1) is 13.2. The molecule has 2 aliphatic rings. The molecule has 0 aromatic heterocycles. The van der Waals surface area contributed by atoms with Crippen LogP contribution in [0.3, 0.4) is 0 Å². The monoisotopic (exact) mass is 372 g/mol. The zero-order chi connectivity index (χ0) is 19.1. The van der Waals surface area contributed by atoms with E-state index in [4.69, 9.17) is 9.47 Å². The molecule has 27 heavy (non-hydrogen) atoms. The molecule has 0 heterocycles. The third-order valence-corrected chi connectivity index (χ3v) is 7.23. The number of ether oxygens (including phenoxy) is 2. The van der Waals surface area contributed by atoms with Crippen molar-refractivity contribution in [2.24, 2.45) is 5.41 Å². The van der Waals surface area contributed by atoms with Gasteiger partial charge in [0.2, 0.25) is 6.29 Å². The lowest BCUT2D eigenvalue weighted by Gasteiger charge is -2.44. The van der Waals surface area contributed by atoms with E-state index in [2.05, 4.69) is 45.0 Å². The fraction of sp³-hybridized carbons (Fsp3) is 0.760. The summed E-state index contributed by atoms with van der Waals surface area (Å²) >= 11 is 0. The Labute approximate surface area is 167 Å². The van der Waals surface area contributed by atoms with Crippen LogP contribution in [-0.2, 0) is 4.74 Å². The normalized spacial score (nSPS) is 22.9. The maximum atomic E-state index is 6.71. The first-order valence-corrected chi connectivity index (χ1v) is 11.6. The summed E-state index contributed by atoms with van der Waals surface area (Å²) in [6, 6.07) is 8.79. The highest BCUT2D eigenvalue weighted by Gasteiger charge is 2.42. The molecule has 2 atom stereocenters. The fourth-order valence-electron chi connectivity index (χ4n) is 4.92. The number of rotatable bonds is 8. The molecule has 0 bridgehead atoms. The zero-order valence-corrected chi connectivity index (χ0v) is 17.8. The van der Waals surface area contributed by atoms with Gasteiger partial charge < -0.3 is 9.47 Å². The van der Waals surface area contributed by atoms with Crippen molar-refractivity contribution in [3.05, 3.63) is 29.8 Å². The molecule has 0 radical (unpaired) electrons. The van der Waals surface area contributed by atoms with Crippen molar-refractivity contribution >= 4 is 0 Å². The van der Waals surface area contributed by atoms with Crippen molar-refractivity contribution in [1.29, 1.82) is 0 Å². The van der Waals surface area contributed by atoms with E-state index >= 15 is 0 Å². The smallest absolute Gasteiger partial charge is 0.205 e. The summed E-state index contributed by atoms with van der Waals surface area (Å²) in [4.78, 5) is 0. The van der Waals surface area contributed by atoms with Gasteiger partial charge in [0, 0.05) is 5.41 Å². The zero-order valence-electron chi connectivity index (χ0n) is 17.8. The van der Waals surface area contributed by atoms with Crippen LogP contribution in [0.2, 0.25) is 0 Å². The first-order valence-electron chi connectivity index (χ1n) is 11.6. The summed E-state index contributed by atoms with van der Waals surface area (Å²) in [5, 5.41) is 0. The number of hydrogen-bond acceptors (Lipinski definition) is 2. The largest absolute Gasteiger partial charge is 0.464 e. The highest BCUT2D eigenvalue weighted by atomic mass is 16.7. The minimum atomic E-state index is -0.0969. The Balaban J connectivity index is 1.76. The highest BCUT2D eigenvalue weighted by molar-refractivity contribution is 5.29. The molecule has 2 aliphatic carbocycles. The third-order valence-electron chi connectivity index (χ3n) is 7.23. The molecule has 3 rings (SSSR count). The van der Waals surface area contributed by atoms with E-state index in [9.17, 15) is 0 Å². The Kier molecular flexibility index (Phi) is 7.64. The number of benzene rings is 1. The Morgan fingerprint density at radius 1 is 0.926 bits per heavy atom. The number of hydrogen-bond donors (Lipinski definition) is 0. The Hall–Kier alpha value is -1.02. The molecule has 1 aromatic carbocycles. The van der Waals surface area contributed by atoms with Crippen LogP contribution >= 0.6 is 0 Å². The molecule has 0 spiro atoms. The summed E-state index contributed by atoms with van der Waals surface area (Å²) < 4.78 is 13.3. The molecule has 1 aromatic rings. The van der Waals surface area contributed by atoms with Crippen molar-refractivity contribution in [3.63, 3.8) is 0 Å². The van der Waals surface area contributed by atoms with Gasteiger partial charge in [-0.25, -0.2) is 0 Å². The van der Waals surface area contributed by atoms with Crippen LogP contribution in [0.25, 0.3) is 0 Å². The fourth-order valence-corrected chi connectivity index (χ4v) is 4.92. The molecule has 0 saturated heterocycles. The SMILES string of the molecule is CCC(C)c1ccc(OC(OC2CCCCC2)C2(CC)CCCCC2)cc1. The van der Waals surface area contributed by atoms with E-state index in [0.717, 1.165) is 12.2 Å². The van der Waals surface area contributed by atoms with Gasteiger partial charge in [0.05, 0.1) is 6.10 Å². The van der Waals surface area contributed by atoms with Crippen molar-refractivity contribution in [1.82, 2.24) is 0 Å². The average molecular weight is 373 g/mol. The average Bonchev–Trinajstić information content (AvgIpc) is 2.74. The van der Waals surface area contributed by atoms with Crippen LogP contribution in [0.15, 0.2) is 24.3 Å². The second-order valence-electron chi connectivity index (χ2n) is 9.00. The van der Waals surface area contributed by atoms with Crippen LogP contribution < -0.4 is 4.74 Å². The van der Waals surface area contributed by atoms with E-state index in [1.807, 2.05) is 0 Å². The predicted molar refractivity (Wildman–Crippen MR) is 113 cm³/mol. The predicted octanol–water partition coefficient (Wildman–Crippen LogP) is 7.61. The van der Waals surface area contributed by atoms with Crippen molar-refractivity contribution in [3.8, 4) is 5.75 Å². The second kappa shape index (κ2) is 9.96. The van der Waals surface area contributed by atoms with E-state index < -0.39 is 0 Å². The standard InChI is InChI=1S/C25H40O2/c1-4-20(3)21-14-16-23(17-15-21)27-24(26-22-12-8-6-9-13-22)25(5-2)18-10-7-11-19-25/h14-17,20,22,24H,4-13,18-19H2,1-3H3. The quantitative estimate of drug-likeness (QED) is 0.437. The van der Waals surface area contributed by atoms with E-state index in [1.165, 1.54) is 76.2 Å². The third kappa shape index (κ3) is 5.28. The molecule has 0 amide bonds. The van der Waals surface area contributed by atoms with Crippen LogP contribution in [-0.4, -0.2) is 12.4 Å². The molecular formula is C25H40O2. The Morgan fingerprint density at radius 3 is 2.15 bits per heavy atom. The van der Waals surface area contributed by atoms with Gasteiger partial charge >= 0.3 is 0 Å². The molecule has 2 heteroatoms. The maximum absolute atomic E-state index is 6.71. The summed E-state index contributed by atoms with van der Waals surface area (Å²) in [5.41, 5.74) is 1.59. The molecule has 2 saturated carbocycles. The van der Waals surface area contributed by atoms with E-state index in [0.29, 0.717) is 12.0 Å². The van der Waals surface area contributed by atoms with Gasteiger partial charge in [-0.15, -0.1) is 0 Å². The summed E-state index contributed by atoms with van der Waals surface area (Å²) in [6.45, 7) is 6.87. The molecule has 0 aliphatic heterocycles. The molecule has 2 nitrogen and oxygen atoms in total. The van der Waals surface area contributed by atoms with Gasteiger partial charge in [0.25, 0.3) is 0 Å². The van der Waals surface area contributed by atoms with Crippen molar-refractivity contribution in [2.45, 2.75) is 116 Å². The van der Waals surface area contributed by atoms with Gasteiger partial charge in [-0.05, 0) is 62.1 Å². The lowest BCUT2D eigenvalue weighted by Crippen LogP contribution is -2.44. The van der Waals surface area contributed by atoms with E-state index in [1.54, 1.807) is 0 Å². The van der Waals surface area contributed by atoms with Gasteiger partial charge in [0.15, 0.2) is 0 Å². The van der Waals surface area contributed by atoms with E-state index in [-0.39, 0.29) is 11.7 Å². The van der Waals surface area contributed by atoms with Crippen LogP contribution in [0.4, 0.5) is 0 Å². The van der Waals surface area contributed by atoms with Crippen molar-refractivity contribution in [2.75, 3.05) is 0 Å². The summed E-state index contributed by atoms with van der Waals surface area (Å²) in [5.74, 6) is 1.58. The second-order valence-corrected chi connectivity index (χ2v) is 9.00.